The van der Waals surface area contributed by atoms with E-state index < -0.39 is 0 Å². The Balaban J connectivity index is 3.10. The number of nitrogens with two attached hydrogens (primary N) is 1. The minimum Gasteiger partial charge on any atom is -0.374 e. The summed E-state index contributed by atoms with van der Waals surface area (Å²) in [4.78, 5) is 2.04. The zero-order chi connectivity index (χ0) is 11.4. The third-order valence-corrected chi connectivity index (χ3v) is 2.46. The molecular formula is C12H19FN2. The number of hydrogen-bond donors (Lipinski definition) is 1. The maximum atomic E-state index is 13.6. The molecular weight excluding hydrogens is 191 g/mol. The molecule has 0 bridgehead atoms. The number of anilines is 1. The zero-order valence-corrected chi connectivity index (χ0v) is 9.63. The Kier molecular flexibility index (Phi) is 4.09. The molecule has 84 valence electrons. The Morgan fingerprint density at radius 2 is 2.13 bits per heavy atom. The quantitative estimate of drug-likeness (QED) is 0.828. The van der Waals surface area contributed by atoms with E-state index in [1.54, 1.807) is 6.07 Å². The maximum absolute atomic E-state index is 13.6. The summed E-state index contributed by atoms with van der Waals surface area (Å²) < 4.78 is 13.6. The summed E-state index contributed by atoms with van der Waals surface area (Å²) in [5.74, 6) is -0.217. The van der Waals surface area contributed by atoms with E-state index in [1.165, 1.54) is 6.07 Å². The third kappa shape index (κ3) is 2.69. The smallest absolute Gasteiger partial charge is 0.130 e. The Hall–Kier alpha value is -1.09. The summed E-state index contributed by atoms with van der Waals surface area (Å²) >= 11 is 0. The summed E-state index contributed by atoms with van der Waals surface area (Å²) in [6.07, 6.45) is 1.03. The molecule has 0 saturated carbocycles. The molecule has 1 rings (SSSR count). The van der Waals surface area contributed by atoms with Crippen molar-refractivity contribution in [3.63, 3.8) is 0 Å². The molecule has 1 atom stereocenters. The average Bonchev–Trinajstić information content (AvgIpc) is 2.17. The Labute approximate surface area is 90.9 Å². The number of hydrogen-bond acceptors (Lipinski definition) is 2. The lowest BCUT2D eigenvalue weighted by molar-refractivity contribution is 0.592. The molecule has 2 N–H and O–H groups in total. The first-order valence-corrected chi connectivity index (χ1v) is 5.33. The Morgan fingerprint density at radius 3 is 2.67 bits per heavy atom. The molecule has 1 aromatic carbocycles. The van der Waals surface area contributed by atoms with Crippen molar-refractivity contribution in [1.82, 2.24) is 0 Å². The van der Waals surface area contributed by atoms with Gasteiger partial charge in [0.25, 0.3) is 0 Å². The summed E-state index contributed by atoms with van der Waals surface area (Å²) in [6, 6.07) is 4.82. The lowest BCUT2D eigenvalue weighted by atomic mass is 10.1. The Morgan fingerprint density at radius 1 is 1.47 bits per heavy atom. The first-order chi connectivity index (χ1) is 7.07. The standard InChI is InChI=1S/C12H19FN2/c1-4-8-15(3)11-7-5-6-10(13)12(11)9(2)14/h5-7,9H,4,8,14H2,1-3H3/t9-/m1/s1. The molecule has 0 aliphatic carbocycles. The summed E-state index contributed by atoms with van der Waals surface area (Å²) in [7, 11) is 1.96. The van der Waals surface area contributed by atoms with Gasteiger partial charge in [-0.1, -0.05) is 13.0 Å². The van der Waals surface area contributed by atoms with Crippen molar-refractivity contribution in [3.05, 3.63) is 29.6 Å². The number of halogens is 1. The molecule has 0 aliphatic rings. The molecule has 1 aromatic rings. The van der Waals surface area contributed by atoms with Crippen LogP contribution < -0.4 is 10.6 Å². The van der Waals surface area contributed by atoms with Crippen LogP contribution in [0.25, 0.3) is 0 Å². The van der Waals surface area contributed by atoms with Gasteiger partial charge >= 0.3 is 0 Å². The Bertz CT molecular complexity index is 323. The van der Waals surface area contributed by atoms with Gasteiger partial charge in [-0.05, 0) is 25.5 Å². The van der Waals surface area contributed by atoms with Gasteiger partial charge in [-0.2, -0.15) is 0 Å². The highest BCUT2D eigenvalue weighted by Gasteiger charge is 2.14. The van der Waals surface area contributed by atoms with Crippen molar-refractivity contribution in [2.45, 2.75) is 26.3 Å². The number of benzene rings is 1. The SMILES string of the molecule is CCCN(C)c1cccc(F)c1[C@@H](C)N. The largest absolute Gasteiger partial charge is 0.374 e. The van der Waals surface area contributed by atoms with Crippen molar-refractivity contribution >= 4 is 5.69 Å². The predicted octanol–water partition coefficient (Wildman–Crippen LogP) is 2.69. The molecule has 2 nitrogen and oxygen atoms in total. The van der Waals surface area contributed by atoms with Gasteiger partial charge < -0.3 is 10.6 Å². The van der Waals surface area contributed by atoms with E-state index >= 15 is 0 Å². The van der Waals surface area contributed by atoms with Crippen molar-refractivity contribution in [2.24, 2.45) is 5.73 Å². The van der Waals surface area contributed by atoms with Gasteiger partial charge in [0.2, 0.25) is 0 Å². The van der Waals surface area contributed by atoms with Crippen LogP contribution in [-0.2, 0) is 0 Å². The highest BCUT2D eigenvalue weighted by atomic mass is 19.1. The van der Waals surface area contributed by atoms with Crippen LogP contribution in [0.2, 0.25) is 0 Å². The molecule has 0 fully saturated rings. The van der Waals surface area contributed by atoms with Gasteiger partial charge in [0.15, 0.2) is 0 Å². The normalized spacial score (nSPS) is 12.6. The molecule has 3 heteroatoms. The van der Waals surface area contributed by atoms with Gasteiger partial charge in [0.05, 0.1) is 0 Å². The fourth-order valence-electron chi connectivity index (χ4n) is 1.77. The lowest BCUT2D eigenvalue weighted by Crippen LogP contribution is -2.22. The zero-order valence-electron chi connectivity index (χ0n) is 9.63. The minimum absolute atomic E-state index is 0.217. The maximum Gasteiger partial charge on any atom is 0.130 e. The summed E-state index contributed by atoms with van der Waals surface area (Å²) in [5, 5.41) is 0. The van der Waals surface area contributed by atoms with Crippen LogP contribution >= 0.6 is 0 Å². The summed E-state index contributed by atoms with van der Waals surface area (Å²) in [6.45, 7) is 4.81. The predicted molar refractivity (Wildman–Crippen MR) is 62.6 cm³/mol. The summed E-state index contributed by atoms with van der Waals surface area (Å²) in [5.41, 5.74) is 7.28. The van der Waals surface area contributed by atoms with Crippen LogP contribution in [0.3, 0.4) is 0 Å². The van der Waals surface area contributed by atoms with E-state index in [-0.39, 0.29) is 11.9 Å². The number of rotatable bonds is 4. The second kappa shape index (κ2) is 5.12. The molecule has 0 radical (unpaired) electrons. The van der Waals surface area contributed by atoms with Crippen LogP contribution in [-0.4, -0.2) is 13.6 Å². The molecule has 0 unspecified atom stereocenters. The van der Waals surface area contributed by atoms with E-state index in [1.807, 2.05) is 24.9 Å². The molecule has 0 spiro atoms. The van der Waals surface area contributed by atoms with Gasteiger partial charge in [-0.15, -0.1) is 0 Å². The van der Waals surface area contributed by atoms with Gasteiger partial charge in [0, 0.05) is 30.9 Å². The molecule has 0 amide bonds. The highest BCUT2D eigenvalue weighted by molar-refractivity contribution is 5.54. The number of nitrogens with zero attached hydrogens (tertiary/aromatic N) is 1. The van der Waals surface area contributed by atoms with E-state index in [0.29, 0.717) is 5.56 Å². The molecule has 0 aliphatic heterocycles. The van der Waals surface area contributed by atoms with Crippen molar-refractivity contribution in [1.29, 1.82) is 0 Å². The van der Waals surface area contributed by atoms with Crippen LogP contribution in [0.1, 0.15) is 31.9 Å². The van der Waals surface area contributed by atoms with E-state index in [0.717, 1.165) is 18.7 Å². The van der Waals surface area contributed by atoms with Gasteiger partial charge in [-0.3, -0.25) is 0 Å². The fraction of sp³-hybridized carbons (Fsp3) is 0.500. The third-order valence-electron chi connectivity index (χ3n) is 2.46. The topological polar surface area (TPSA) is 29.3 Å². The average molecular weight is 210 g/mol. The van der Waals surface area contributed by atoms with Crippen molar-refractivity contribution in [3.8, 4) is 0 Å². The highest BCUT2D eigenvalue weighted by Crippen LogP contribution is 2.27. The first-order valence-electron chi connectivity index (χ1n) is 5.33. The second-order valence-corrected chi connectivity index (χ2v) is 3.88. The van der Waals surface area contributed by atoms with Crippen molar-refractivity contribution in [2.75, 3.05) is 18.5 Å². The van der Waals surface area contributed by atoms with Crippen LogP contribution in [0.4, 0.5) is 10.1 Å². The van der Waals surface area contributed by atoms with Gasteiger partial charge in [-0.25, -0.2) is 4.39 Å². The second-order valence-electron chi connectivity index (χ2n) is 3.88. The van der Waals surface area contributed by atoms with E-state index in [4.69, 9.17) is 5.73 Å². The molecule has 0 aromatic heterocycles. The lowest BCUT2D eigenvalue weighted by Gasteiger charge is -2.23. The monoisotopic (exact) mass is 210 g/mol. The molecule has 0 saturated heterocycles. The van der Waals surface area contributed by atoms with Crippen molar-refractivity contribution < 1.29 is 4.39 Å². The van der Waals surface area contributed by atoms with Crippen LogP contribution in [0, 0.1) is 5.82 Å². The first kappa shape index (κ1) is 12.0. The molecule has 15 heavy (non-hydrogen) atoms. The van der Waals surface area contributed by atoms with E-state index in [9.17, 15) is 4.39 Å². The van der Waals surface area contributed by atoms with Crippen LogP contribution in [0.5, 0.6) is 0 Å². The minimum atomic E-state index is -0.277. The van der Waals surface area contributed by atoms with Gasteiger partial charge in [0.1, 0.15) is 5.82 Å². The fourth-order valence-corrected chi connectivity index (χ4v) is 1.77. The van der Waals surface area contributed by atoms with Crippen LogP contribution in [0.15, 0.2) is 18.2 Å². The van der Waals surface area contributed by atoms with E-state index in [2.05, 4.69) is 6.92 Å². The molecule has 0 heterocycles.